The normalized spacial score (nSPS) is 15.9. The molecule has 1 fully saturated rings. The lowest BCUT2D eigenvalue weighted by Crippen LogP contribution is -2.36. The number of fused-ring (bicyclic) bond motifs is 3. The van der Waals surface area contributed by atoms with Crippen LogP contribution in [0.5, 0.6) is 0 Å². The Labute approximate surface area is 165 Å². The predicted molar refractivity (Wildman–Crippen MR) is 106 cm³/mol. The Kier molecular flexibility index (Phi) is 4.22. The molecule has 1 saturated heterocycles. The summed E-state index contributed by atoms with van der Waals surface area (Å²) in [6.45, 7) is 2.90. The molecule has 7 nitrogen and oxygen atoms in total. The quantitative estimate of drug-likeness (QED) is 0.689. The average Bonchev–Trinajstić information content (AvgIpc) is 3.11. The van der Waals surface area contributed by atoms with E-state index >= 15 is 0 Å². The fourth-order valence-electron chi connectivity index (χ4n) is 3.40. The molecule has 1 aromatic carbocycles. The number of benzene rings is 1. The zero-order valence-corrected chi connectivity index (χ0v) is 15.5. The van der Waals surface area contributed by atoms with E-state index in [2.05, 4.69) is 30.4 Å². The number of aromatic nitrogens is 3. The van der Waals surface area contributed by atoms with E-state index in [0.29, 0.717) is 30.4 Å². The number of rotatable bonds is 2. The SMILES string of the molecule is Fc1cccc(Cl)c1C1=Nc2cn[nH]c2-c2cc(N3CCOCC3)ncc2N1. The highest BCUT2D eigenvalue weighted by molar-refractivity contribution is 6.35. The largest absolute Gasteiger partial charge is 0.378 e. The molecule has 3 aromatic rings. The molecule has 0 bridgehead atoms. The second-order valence-corrected chi connectivity index (χ2v) is 6.91. The van der Waals surface area contributed by atoms with E-state index in [9.17, 15) is 4.39 Å². The van der Waals surface area contributed by atoms with Crippen LogP contribution in [0.25, 0.3) is 11.3 Å². The highest BCUT2D eigenvalue weighted by Crippen LogP contribution is 2.38. The third-order valence-electron chi connectivity index (χ3n) is 4.80. The Morgan fingerprint density at radius 1 is 1.18 bits per heavy atom. The maximum atomic E-state index is 14.5. The van der Waals surface area contributed by atoms with E-state index in [-0.39, 0.29) is 10.6 Å². The van der Waals surface area contributed by atoms with Crippen LogP contribution in [0.15, 0.2) is 41.7 Å². The smallest absolute Gasteiger partial charge is 0.143 e. The zero-order valence-electron chi connectivity index (χ0n) is 14.7. The molecule has 142 valence electrons. The number of aromatic amines is 1. The summed E-state index contributed by atoms with van der Waals surface area (Å²) in [6, 6.07) is 6.53. The predicted octanol–water partition coefficient (Wildman–Crippen LogP) is 3.60. The monoisotopic (exact) mass is 398 g/mol. The van der Waals surface area contributed by atoms with Crippen LogP contribution in [-0.4, -0.2) is 47.3 Å². The Morgan fingerprint density at radius 3 is 2.86 bits per heavy atom. The van der Waals surface area contributed by atoms with Gasteiger partial charge in [0.2, 0.25) is 0 Å². The molecule has 4 heterocycles. The molecule has 5 rings (SSSR count). The topological polar surface area (TPSA) is 78.4 Å². The van der Waals surface area contributed by atoms with Gasteiger partial charge in [0.1, 0.15) is 23.2 Å². The van der Waals surface area contributed by atoms with Gasteiger partial charge in [-0.25, -0.2) is 14.4 Å². The maximum absolute atomic E-state index is 14.5. The van der Waals surface area contributed by atoms with Crippen molar-refractivity contribution >= 4 is 34.6 Å². The molecule has 28 heavy (non-hydrogen) atoms. The number of H-pyrrole nitrogens is 1. The molecule has 2 aliphatic rings. The molecule has 0 atom stereocenters. The van der Waals surface area contributed by atoms with Crippen LogP contribution in [0, 0.1) is 5.82 Å². The molecule has 9 heteroatoms. The Morgan fingerprint density at radius 2 is 2.04 bits per heavy atom. The number of morpholine rings is 1. The van der Waals surface area contributed by atoms with Gasteiger partial charge in [-0.05, 0) is 18.2 Å². The summed E-state index contributed by atoms with van der Waals surface area (Å²) in [6.07, 6.45) is 3.33. The zero-order chi connectivity index (χ0) is 19.1. The Hall–Kier alpha value is -2.97. The number of pyridine rings is 1. The van der Waals surface area contributed by atoms with E-state index in [1.165, 1.54) is 6.07 Å². The first-order chi connectivity index (χ1) is 13.7. The number of aliphatic imine (C=N–C) groups is 1. The van der Waals surface area contributed by atoms with E-state index in [1.807, 2.05) is 6.07 Å². The number of anilines is 2. The first-order valence-electron chi connectivity index (χ1n) is 8.87. The van der Waals surface area contributed by atoms with Gasteiger partial charge in [-0.2, -0.15) is 5.10 Å². The minimum Gasteiger partial charge on any atom is -0.378 e. The van der Waals surface area contributed by atoms with Gasteiger partial charge in [-0.15, -0.1) is 0 Å². The molecule has 0 aliphatic carbocycles. The van der Waals surface area contributed by atoms with Crippen molar-refractivity contribution in [2.45, 2.75) is 0 Å². The van der Waals surface area contributed by atoms with Gasteiger partial charge in [-0.3, -0.25) is 5.10 Å². The van der Waals surface area contributed by atoms with Crippen LogP contribution >= 0.6 is 11.6 Å². The second-order valence-electron chi connectivity index (χ2n) is 6.50. The first-order valence-corrected chi connectivity index (χ1v) is 9.25. The van der Waals surface area contributed by atoms with Gasteiger partial charge >= 0.3 is 0 Å². The molecular formula is C19H16ClFN6O. The average molecular weight is 399 g/mol. The highest BCUT2D eigenvalue weighted by atomic mass is 35.5. The van der Waals surface area contributed by atoms with Crippen molar-refractivity contribution in [3.05, 3.63) is 53.1 Å². The summed E-state index contributed by atoms with van der Waals surface area (Å²) < 4.78 is 19.9. The van der Waals surface area contributed by atoms with Crippen LogP contribution in [-0.2, 0) is 4.74 Å². The lowest BCUT2D eigenvalue weighted by atomic mass is 10.1. The van der Waals surface area contributed by atoms with E-state index < -0.39 is 5.82 Å². The van der Waals surface area contributed by atoms with Crippen molar-refractivity contribution in [3.63, 3.8) is 0 Å². The van der Waals surface area contributed by atoms with E-state index in [0.717, 1.165) is 30.2 Å². The summed E-state index contributed by atoms with van der Waals surface area (Å²) in [5.41, 5.74) is 3.09. The van der Waals surface area contributed by atoms with Gasteiger partial charge in [-0.1, -0.05) is 17.7 Å². The van der Waals surface area contributed by atoms with Crippen LogP contribution < -0.4 is 10.2 Å². The van der Waals surface area contributed by atoms with E-state index in [1.54, 1.807) is 24.5 Å². The molecule has 2 N–H and O–H groups in total. The molecule has 0 amide bonds. The van der Waals surface area contributed by atoms with Crippen molar-refractivity contribution in [2.24, 2.45) is 4.99 Å². The molecule has 2 aliphatic heterocycles. The number of hydrogen-bond donors (Lipinski definition) is 2. The summed E-state index contributed by atoms with van der Waals surface area (Å²) in [5, 5.41) is 10.6. The fourth-order valence-corrected chi connectivity index (χ4v) is 3.65. The molecular weight excluding hydrogens is 383 g/mol. The van der Waals surface area contributed by atoms with Gasteiger partial charge in [0.15, 0.2) is 0 Å². The van der Waals surface area contributed by atoms with Crippen LogP contribution in [0.1, 0.15) is 5.56 Å². The van der Waals surface area contributed by atoms with Gasteiger partial charge in [0, 0.05) is 18.7 Å². The van der Waals surface area contributed by atoms with Crippen molar-refractivity contribution in [3.8, 4) is 11.3 Å². The summed E-state index contributed by atoms with van der Waals surface area (Å²) in [5.74, 6) is 0.701. The van der Waals surface area contributed by atoms with Crippen molar-refractivity contribution in [2.75, 3.05) is 36.5 Å². The van der Waals surface area contributed by atoms with Crippen molar-refractivity contribution in [1.82, 2.24) is 15.2 Å². The number of hydrogen-bond acceptors (Lipinski definition) is 6. The third-order valence-corrected chi connectivity index (χ3v) is 5.11. The minimum absolute atomic E-state index is 0.210. The van der Waals surface area contributed by atoms with E-state index in [4.69, 9.17) is 16.3 Å². The van der Waals surface area contributed by atoms with Crippen LogP contribution in [0.4, 0.5) is 21.6 Å². The standard InChI is InChI=1S/C19H16ClFN6O/c20-12-2-1-3-13(21)17(12)19-24-14-9-22-16(27-4-6-28-7-5-27)8-11(14)18-15(25-19)10-23-26-18/h1-3,8-10H,4-7H2,(H,23,26)(H,24,25). The third kappa shape index (κ3) is 2.90. The number of halogens is 2. The lowest BCUT2D eigenvalue weighted by molar-refractivity contribution is 0.122. The van der Waals surface area contributed by atoms with Gasteiger partial charge in [0.25, 0.3) is 0 Å². The van der Waals surface area contributed by atoms with Gasteiger partial charge in [0.05, 0.1) is 47.6 Å². The molecule has 2 aromatic heterocycles. The summed E-state index contributed by atoms with van der Waals surface area (Å²) in [4.78, 5) is 11.3. The molecule has 0 spiro atoms. The maximum Gasteiger partial charge on any atom is 0.143 e. The molecule has 0 unspecified atom stereocenters. The Balaban J connectivity index is 1.62. The van der Waals surface area contributed by atoms with Crippen LogP contribution in [0.2, 0.25) is 5.02 Å². The second kappa shape index (κ2) is 6.88. The summed E-state index contributed by atoms with van der Waals surface area (Å²) >= 11 is 6.25. The minimum atomic E-state index is -0.454. The highest BCUT2D eigenvalue weighted by Gasteiger charge is 2.24. The Bertz CT molecular complexity index is 1060. The van der Waals surface area contributed by atoms with Crippen molar-refractivity contribution < 1.29 is 9.13 Å². The first kappa shape index (κ1) is 17.2. The van der Waals surface area contributed by atoms with Gasteiger partial charge < -0.3 is 15.0 Å². The number of nitrogens with zero attached hydrogens (tertiary/aromatic N) is 4. The number of amidine groups is 1. The summed E-state index contributed by atoms with van der Waals surface area (Å²) in [7, 11) is 0. The van der Waals surface area contributed by atoms with Crippen molar-refractivity contribution in [1.29, 1.82) is 0 Å². The lowest BCUT2D eigenvalue weighted by Gasteiger charge is -2.28. The molecule has 0 radical (unpaired) electrons. The number of ether oxygens (including phenoxy) is 1. The fraction of sp³-hybridized carbons (Fsp3) is 0.211. The number of nitrogens with one attached hydrogen (secondary N) is 2. The van der Waals surface area contributed by atoms with Crippen LogP contribution in [0.3, 0.4) is 0 Å². The molecule has 0 saturated carbocycles.